The maximum atomic E-state index is 11.3. The molecule has 1 aromatic carbocycles. The number of hydrogen-bond acceptors (Lipinski definition) is 6. The van der Waals surface area contributed by atoms with Gasteiger partial charge in [0.2, 0.25) is 0 Å². The van der Waals surface area contributed by atoms with Crippen molar-refractivity contribution in [1.29, 1.82) is 0 Å². The lowest BCUT2D eigenvalue weighted by Crippen LogP contribution is -2.39. The smallest absolute Gasteiger partial charge is 0.315 e. The SMILES string of the molecule is CCNc1cccc(NCCN2CCOCC2)c1[N+](=O)[O-]. The average Bonchev–Trinajstić information content (AvgIpc) is 2.48. The van der Waals surface area contributed by atoms with E-state index in [2.05, 4.69) is 15.5 Å². The lowest BCUT2D eigenvalue weighted by molar-refractivity contribution is -0.383. The van der Waals surface area contributed by atoms with Crippen LogP contribution < -0.4 is 10.6 Å². The van der Waals surface area contributed by atoms with Gasteiger partial charge in [-0.05, 0) is 19.1 Å². The molecule has 1 saturated heterocycles. The molecule has 0 spiro atoms. The quantitative estimate of drug-likeness (QED) is 0.589. The normalized spacial score (nSPS) is 15.7. The fraction of sp³-hybridized carbons (Fsp3) is 0.571. The molecule has 7 heteroatoms. The van der Waals surface area contributed by atoms with Crippen molar-refractivity contribution in [3.8, 4) is 0 Å². The van der Waals surface area contributed by atoms with Gasteiger partial charge in [0.05, 0.1) is 18.1 Å². The number of morpholine rings is 1. The molecule has 0 aromatic heterocycles. The van der Waals surface area contributed by atoms with Crippen molar-refractivity contribution in [2.75, 3.05) is 56.6 Å². The van der Waals surface area contributed by atoms with Gasteiger partial charge in [-0.1, -0.05) is 6.07 Å². The van der Waals surface area contributed by atoms with E-state index in [-0.39, 0.29) is 10.6 Å². The Labute approximate surface area is 124 Å². The van der Waals surface area contributed by atoms with Crippen molar-refractivity contribution >= 4 is 17.1 Å². The van der Waals surface area contributed by atoms with Gasteiger partial charge in [0.15, 0.2) is 0 Å². The van der Waals surface area contributed by atoms with E-state index in [0.717, 1.165) is 32.8 Å². The first-order valence-corrected chi connectivity index (χ1v) is 7.27. The molecule has 0 saturated carbocycles. The summed E-state index contributed by atoms with van der Waals surface area (Å²) in [5, 5.41) is 17.5. The van der Waals surface area contributed by atoms with Crippen LogP contribution in [0.2, 0.25) is 0 Å². The zero-order chi connectivity index (χ0) is 15.1. The highest BCUT2D eigenvalue weighted by atomic mass is 16.6. The van der Waals surface area contributed by atoms with Gasteiger partial charge < -0.3 is 15.4 Å². The number of anilines is 2. The summed E-state index contributed by atoms with van der Waals surface area (Å²) in [4.78, 5) is 13.2. The van der Waals surface area contributed by atoms with E-state index in [9.17, 15) is 10.1 Å². The van der Waals surface area contributed by atoms with E-state index in [1.165, 1.54) is 0 Å². The molecule has 0 radical (unpaired) electrons. The van der Waals surface area contributed by atoms with Crippen molar-refractivity contribution in [2.45, 2.75) is 6.92 Å². The number of nitro groups is 1. The third-order valence-corrected chi connectivity index (χ3v) is 3.43. The van der Waals surface area contributed by atoms with E-state index in [1.54, 1.807) is 12.1 Å². The Morgan fingerprint density at radius 2 is 1.95 bits per heavy atom. The zero-order valence-electron chi connectivity index (χ0n) is 12.3. The van der Waals surface area contributed by atoms with Gasteiger partial charge in [-0.2, -0.15) is 0 Å². The first-order chi connectivity index (χ1) is 10.2. The third kappa shape index (κ3) is 4.30. The molecule has 0 bridgehead atoms. The van der Waals surface area contributed by atoms with Crippen molar-refractivity contribution in [1.82, 2.24) is 4.90 Å². The second kappa shape index (κ2) is 7.80. The van der Waals surface area contributed by atoms with E-state index in [4.69, 9.17) is 4.74 Å². The molecular formula is C14H22N4O3. The molecule has 0 aliphatic carbocycles. The van der Waals surface area contributed by atoms with Crippen LogP contribution in [-0.4, -0.2) is 55.8 Å². The van der Waals surface area contributed by atoms with Crippen LogP contribution in [0.5, 0.6) is 0 Å². The highest BCUT2D eigenvalue weighted by Gasteiger charge is 2.19. The van der Waals surface area contributed by atoms with Gasteiger partial charge in [-0.25, -0.2) is 0 Å². The molecule has 0 unspecified atom stereocenters. The van der Waals surface area contributed by atoms with Crippen molar-refractivity contribution < 1.29 is 9.66 Å². The van der Waals surface area contributed by atoms with Crippen molar-refractivity contribution in [2.24, 2.45) is 0 Å². The topological polar surface area (TPSA) is 79.7 Å². The summed E-state index contributed by atoms with van der Waals surface area (Å²) in [6, 6.07) is 5.30. The first kappa shape index (κ1) is 15.5. The largest absolute Gasteiger partial charge is 0.380 e. The fourth-order valence-corrected chi connectivity index (χ4v) is 2.39. The molecule has 1 aliphatic rings. The summed E-state index contributed by atoms with van der Waals surface area (Å²) in [6.07, 6.45) is 0. The molecular weight excluding hydrogens is 272 g/mol. The van der Waals surface area contributed by atoms with Gasteiger partial charge in [-0.15, -0.1) is 0 Å². The number of nitrogens with zero attached hydrogens (tertiary/aromatic N) is 2. The molecule has 0 amide bonds. The maximum Gasteiger partial charge on any atom is 0.315 e. The molecule has 2 rings (SSSR count). The highest BCUT2D eigenvalue weighted by molar-refractivity contribution is 5.76. The van der Waals surface area contributed by atoms with Gasteiger partial charge in [0.25, 0.3) is 0 Å². The minimum Gasteiger partial charge on any atom is -0.380 e. The Hall–Kier alpha value is -1.86. The molecule has 7 nitrogen and oxygen atoms in total. The van der Waals surface area contributed by atoms with Crippen LogP contribution in [0.15, 0.2) is 18.2 Å². The molecule has 2 N–H and O–H groups in total. The second-order valence-electron chi connectivity index (χ2n) is 4.87. The Morgan fingerprint density at radius 3 is 2.57 bits per heavy atom. The zero-order valence-corrected chi connectivity index (χ0v) is 12.3. The van der Waals surface area contributed by atoms with E-state index >= 15 is 0 Å². The standard InChI is InChI=1S/C14H22N4O3/c1-2-15-12-4-3-5-13(14(12)18(19)20)16-6-7-17-8-10-21-11-9-17/h3-5,15-16H,2,6-11H2,1H3. The molecule has 1 aromatic rings. The van der Waals surface area contributed by atoms with E-state index in [1.807, 2.05) is 13.0 Å². The van der Waals surface area contributed by atoms with Gasteiger partial charge >= 0.3 is 5.69 Å². The summed E-state index contributed by atoms with van der Waals surface area (Å²) in [5.74, 6) is 0. The van der Waals surface area contributed by atoms with Gasteiger partial charge in [-0.3, -0.25) is 15.0 Å². The summed E-state index contributed by atoms with van der Waals surface area (Å²) < 4.78 is 5.30. The summed E-state index contributed by atoms with van der Waals surface area (Å²) >= 11 is 0. The summed E-state index contributed by atoms with van der Waals surface area (Å²) in [6.45, 7) is 7.46. The van der Waals surface area contributed by atoms with Crippen molar-refractivity contribution in [3.63, 3.8) is 0 Å². The molecule has 1 heterocycles. The lowest BCUT2D eigenvalue weighted by Gasteiger charge is -2.26. The van der Waals surface area contributed by atoms with Crippen molar-refractivity contribution in [3.05, 3.63) is 28.3 Å². The number of rotatable bonds is 7. The monoisotopic (exact) mass is 294 g/mol. The highest BCUT2D eigenvalue weighted by Crippen LogP contribution is 2.32. The summed E-state index contributed by atoms with van der Waals surface area (Å²) in [7, 11) is 0. The number of benzene rings is 1. The molecule has 1 fully saturated rings. The minimum absolute atomic E-state index is 0.112. The van der Waals surface area contributed by atoms with Crippen LogP contribution in [0.3, 0.4) is 0 Å². The average molecular weight is 294 g/mol. The third-order valence-electron chi connectivity index (χ3n) is 3.43. The Bertz CT molecular complexity index is 475. The Balaban J connectivity index is 1.98. The minimum atomic E-state index is -0.338. The Kier molecular flexibility index (Phi) is 5.77. The Morgan fingerprint density at radius 1 is 1.29 bits per heavy atom. The molecule has 0 atom stereocenters. The maximum absolute atomic E-state index is 11.3. The van der Waals surface area contributed by atoms with E-state index < -0.39 is 0 Å². The molecule has 21 heavy (non-hydrogen) atoms. The van der Waals surface area contributed by atoms with Crippen LogP contribution in [0.1, 0.15) is 6.92 Å². The first-order valence-electron chi connectivity index (χ1n) is 7.27. The van der Waals surface area contributed by atoms with Crippen LogP contribution in [-0.2, 0) is 4.74 Å². The predicted molar refractivity (Wildman–Crippen MR) is 83.0 cm³/mol. The van der Waals surface area contributed by atoms with Gasteiger partial charge in [0.1, 0.15) is 11.4 Å². The molecule has 1 aliphatic heterocycles. The van der Waals surface area contributed by atoms with Crippen LogP contribution in [0.25, 0.3) is 0 Å². The molecule has 116 valence electrons. The van der Waals surface area contributed by atoms with E-state index in [0.29, 0.717) is 24.5 Å². The number of nitrogens with one attached hydrogen (secondary N) is 2. The lowest BCUT2D eigenvalue weighted by atomic mass is 10.2. The van der Waals surface area contributed by atoms with Crippen LogP contribution in [0, 0.1) is 10.1 Å². The number of para-hydroxylation sites is 1. The van der Waals surface area contributed by atoms with Gasteiger partial charge in [0, 0.05) is 32.7 Å². The number of nitro benzene ring substituents is 1. The summed E-state index contributed by atoms with van der Waals surface area (Å²) in [5.41, 5.74) is 1.23. The fourth-order valence-electron chi connectivity index (χ4n) is 2.39. The predicted octanol–water partition coefficient (Wildman–Crippen LogP) is 1.77. The second-order valence-corrected chi connectivity index (χ2v) is 4.87. The van der Waals surface area contributed by atoms with Crippen LogP contribution >= 0.6 is 0 Å². The number of hydrogen-bond donors (Lipinski definition) is 2. The number of ether oxygens (including phenoxy) is 1. The van der Waals surface area contributed by atoms with Crippen LogP contribution in [0.4, 0.5) is 17.1 Å².